The Kier molecular flexibility index (Phi) is 1.65. The summed E-state index contributed by atoms with van der Waals surface area (Å²) in [6, 6.07) is 0.145. The maximum absolute atomic E-state index is 10.8. The Balaban J connectivity index is 2.05. The van der Waals surface area contributed by atoms with Crippen molar-refractivity contribution in [3.05, 3.63) is 12.4 Å². The van der Waals surface area contributed by atoms with Gasteiger partial charge in [0.2, 0.25) is 5.91 Å². The van der Waals surface area contributed by atoms with Gasteiger partial charge in [0.25, 0.3) is 0 Å². The second kappa shape index (κ2) is 2.67. The van der Waals surface area contributed by atoms with Gasteiger partial charge in [-0.1, -0.05) is 0 Å². The molecule has 0 aromatic carbocycles. The molecule has 0 spiro atoms. The first-order valence-corrected chi connectivity index (χ1v) is 4.01. The monoisotopic (exact) mass is 168 g/mol. The summed E-state index contributed by atoms with van der Waals surface area (Å²) in [7, 11) is 0. The summed E-state index contributed by atoms with van der Waals surface area (Å²) < 4.78 is 0. The van der Waals surface area contributed by atoms with Gasteiger partial charge in [-0.05, 0) is 6.42 Å². The molecule has 0 bridgehead atoms. The van der Waals surface area contributed by atoms with Crippen LogP contribution in [0.3, 0.4) is 0 Å². The van der Waals surface area contributed by atoms with Crippen molar-refractivity contribution in [2.24, 2.45) is 5.73 Å². The maximum Gasteiger partial charge on any atom is 0.236 e. The molecule has 1 fully saturated rings. The summed E-state index contributed by atoms with van der Waals surface area (Å²) in [5.74, 6) is -0.280. The number of nitrogens with one attached hydrogen (secondary N) is 2. The van der Waals surface area contributed by atoms with E-state index in [1.54, 1.807) is 0 Å². The van der Waals surface area contributed by atoms with Crippen molar-refractivity contribution >= 4 is 5.91 Å². The summed E-state index contributed by atoms with van der Waals surface area (Å²) in [6.07, 6.45) is 4.52. The minimum Gasteiger partial charge on any atom is -0.388 e. The van der Waals surface area contributed by atoms with Gasteiger partial charge in [0.05, 0.1) is 6.04 Å². The van der Waals surface area contributed by atoms with Crippen molar-refractivity contribution < 1.29 is 4.79 Å². The molecule has 0 aromatic heterocycles. The number of carbonyl (C=O) groups excluding carboxylic acids is 1. The number of amides is 1. The first-order valence-electron chi connectivity index (χ1n) is 4.01. The molecule has 0 saturated carbocycles. The van der Waals surface area contributed by atoms with E-state index in [2.05, 4.69) is 10.7 Å². The molecular weight excluding hydrogens is 156 g/mol. The Morgan fingerprint density at radius 3 is 3.17 bits per heavy atom. The van der Waals surface area contributed by atoms with Crippen LogP contribution in [-0.2, 0) is 4.79 Å². The van der Waals surface area contributed by atoms with Crippen molar-refractivity contribution in [2.75, 3.05) is 6.54 Å². The normalized spacial score (nSPS) is 32.8. The van der Waals surface area contributed by atoms with E-state index in [0.29, 0.717) is 6.04 Å². The van der Waals surface area contributed by atoms with Crippen LogP contribution >= 0.6 is 0 Å². The zero-order chi connectivity index (χ0) is 8.55. The SMILES string of the molecule is NC(=O)C1CC2CNC=CN2N1. The van der Waals surface area contributed by atoms with E-state index in [1.165, 1.54) is 0 Å². The summed E-state index contributed by atoms with van der Waals surface area (Å²) >= 11 is 0. The predicted molar refractivity (Wildman–Crippen MR) is 43.5 cm³/mol. The van der Waals surface area contributed by atoms with E-state index >= 15 is 0 Å². The smallest absolute Gasteiger partial charge is 0.236 e. The van der Waals surface area contributed by atoms with Crippen molar-refractivity contribution in [2.45, 2.75) is 18.5 Å². The molecule has 2 atom stereocenters. The number of nitrogens with zero attached hydrogens (tertiary/aromatic N) is 1. The maximum atomic E-state index is 10.8. The highest BCUT2D eigenvalue weighted by atomic mass is 16.1. The molecule has 0 radical (unpaired) electrons. The molecule has 1 amide bonds. The summed E-state index contributed by atoms with van der Waals surface area (Å²) in [6.45, 7) is 0.868. The second-order valence-corrected chi connectivity index (χ2v) is 3.10. The Bertz CT molecular complexity index is 227. The molecule has 2 aliphatic heterocycles. The fourth-order valence-electron chi connectivity index (χ4n) is 1.59. The second-order valence-electron chi connectivity index (χ2n) is 3.10. The van der Waals surface area contributed by atoms with Crippen LogP contribution in [0.5, 0.6) is 0 Å². The first kappa shape index (κ1) is 7.42. The van der Waals surface area contributed by atoms with E-state index < -0.39 is 0 Å². The zero-order valence-electron chi connectivity index (χ0n) is 6.66. The highest BCUT2D eigenvalue weighted by molar-refractivity contribution is 5.80. The number of hydrogen-bond donors (Lipinski definition) is 3. The molecular formula is C7H12N4O. The van der Waals surface area contributed by atoms with Crippen LogP contribution in [0.1, 0.15) is 6.42 Å². The number of carbonyl (C=O) groups is 1. The van der Waals surface area contributed by atoms with Gasteiger partial charge in [-0.3, -0.25) is 4.79 Å². The standard InChI is InChI=1S/C7H12N4O/c8-7(12)6-3-5-4-9-1-2-11(5)10-6/h1-2,5-6,9-10H,3-4H2,(H2,8,12). The van der Waals surface area contributed by atoms with E-state index in [-0.39, 0.29) is 11.9 Å². The molecule has 0 aliphatic carbocycles. The highest BCUT2D eigenvalue weighted by Gasteiger charge is 2.33. The minimum atomic E-state index is -0.280. The third-order valence-electron chi connectivity index (χ3n) is 2.26. The lowest BCUT2D eigenvalue weighted by Gasteiger charge is -2.25. The van der Waals surface area contributed by atoms with Gasteiger partial charge in [-0.2, -0.15) is 0 Å². The Labute approximate surface area is 70.6 Å². The first-order chi connectivity index (χ1) is 5.77. The molecule has 5 heteroatoms. The van der Waals surface area contributed by atoms with Crippen LogP contribution in [0.4, 0.5) is 0 Å². The third kappa shape index (κ3) is 1.12. The Hall–Kier alpha value is -1.23. The van der Waals surface area contributed by atoms with Gasteiger partial charge < -0.3 is 16.1 Å². The van der Waals surface area contributed by atoms with Crippen LogP contribution in [0, 0.1) is 0 Å². The zero-order valence-corrected chi connectivity index (χ0v) is 6.66. The topological polar surface area (TPSA) is 70.4 Å². The van der Waals surface area contributed by atoms with Gasteiger partial charge in [0, 0.05) is 18.9 Å². The molecule has 2 unspecified atom stereocenters. The molecule has 5 nitrogen and oxygen atoms in total. The molecule has 4 N–H and O–H groups in total. The molecule has 12 heavy (non-hydrogen) atoms. The molecule has 66 valence electrons. The van der Waals surface area contributed by atoms with E-state index in [4.69, 9.17) is 5.73 Å². The summed E-state index contributed by atoms with van der Waals surface area (Å²) in [5, 5.41) is 5.04. The molecule has 2 aliphatic rings. The van der Waals surface area contributed by atoms with Crippen molar-refractivity contribution in [1.29, 1.82) is 0 Å². The molecule has 2 heterocycles. The fraction of sp³-hybridized carbons (Fsp3) is 0.571. The van der Waals surface area contributed by atoms with Crippen molar-refractivity contribution in [3.63, 3.8) is 0 Å². The lowest BCUT2D eigenvalue weighted by Crippen LogP contribution is -2.44. The number of fused-ring (bicyclic) bond motifs is 1. The molecule has 2 rings (SSSR count). The lowest BCUT2D eigenvalue weighted by molar-refractivity contribution is -0.120. The summed E-state index contributed by atoms with van der Waals surface area (Å²) in [4.78, 5) is 10.8. The van der Waals surface area contributed by atoms with Gasteiger partial charge in [0.15, 0.2) is 0 Å². The minimum absolute atomic E-state index is 0.209. The number of rotatable bonds is 1. The summed E-state index contributed by atoms with van der Waals surface area (Å²) in [5.41, 5.74) is 8.20. The highest BCUT2D eigenvalue weighted by Crippen LogP contribution is 2.15. The van der Waals surface area contributed by atoms with Gasteiger partial charge >= 0.3 is 0 Å². The number of nitrogens with two attached hydrogens (primary N) is 1. The number of hydrazine groups is 1. The number of hydrogen-bond acceptors (Lipinski definition) is 4. The van der Waals surface area contributed by atoms with Crippen LogP contribution in [0.15, 0.2) is 12.4 Å². The van der Waals surface area contributed by atoms with E-state index in [1.807, 2.05) is 17.4 Å². The largest absolute Gasteiger partial charge is 0.388 e. The third-order valence-corrected chi connectivity index (χ3v) is 2.26. The van der Waals surface area contributed by atoms with Crippen molar-refractivity contribution in [3.8, 4) is 0 Å². The van der Waals surface area contributed by atoms with E-state index in [9.17, 15) is 4.79 Å². The van der Waals surface area contributed by atoms with Crippen LogP contribution in [0.2, 0.25) is 0 Å². The van der Waals surface area contributed by atoms with Crippen molar-refractivity contribution in [1.82, 2.24) is 15.8 Å². The average molecular weight is 168 g/mol. The quantitative estimate of drug-likeness (QED) is 0.445. The van der Waals surface area contributed by atoms with Gasteiger partial charge in [0.1, 0.15) is 6.04 Å². The molecule has 0 aromatic rings. The predicted octanol–water partition coefficient (Wildman–Crippen LogP) is -1.51. The van der Waals surface area contributed by atoms with Crippen LogP contribution in [0.25, 0.3) is 0 Å². The average Bonchev–Trinajstić information content (AvgIpc) is 2.46. The van der Waals surface area contributed by atoms with Crippen LogP contribution in [-0.4, -0.2) is 29.5 Å². The van der Waals surface area contributed by atoms with Gasteiger partial charge in [-0.25, -0.2) is 5.43 Å². The Morgan fingerprint density at radius 1 is 1.67 bits per heavy atom. The van der Waals surface area contributed by atoms with Crippen LogP contribution < -0.4 is 16.5 Å². The number of primary amides is 1. The fourth-order valence-corrected chi connectivity index (χ4v) is 1.59. The lowest BCUT2D eigenvalue weighted by atomic mass is 10.1. The molecule has 1 saturated heterocycles. The van der Waals surface area contributed by atoms with Gasteiger partial charge in [-0.15, -0.1) is 0 Å². The Morgan fingerprint density at radius 2 is 2.50 bits per heavy atom. The van der Waals surface area contributed by atoms with E-state index in [0.717, 1.165) is 13.0 Å².